The first-order chi connectivity index (χ1) is 9.20. The first-order valence-corrected chi connectivity index (χ1v) is 7.23. The van der Waals surface area contributed by atoms with Gasteiger partial charge in [0.05, 0.1) is 12.7 Å². The lowest BCUT2D eigenvalue weighted by Gasteiger charge is -2.15. The van der Waals surface area contributed by atoms with E-state index in [1.807, 2.05) is 7.05 Å². The molecule has 3 heteroatoms. The average molecular weight is 263 g/mol. The molecular weight excluding hydrogens is 238 g/mol. The molecule has 1 aliphatic rings. The Morgan fingerprint density at radius 3 is 2.95 bits per heavy atom. The van der Waals surface area contributed by atoms with Crippen LogP contribution in [-0.2, 0) is 4.74 Å². The third-order valence-electron chi connectivity index (χ3n) is 3.85. The van der Waals surface area contributed by atoms with Crippen LogP contribution >= 0.6 is 0 Å². The van der Waals surface area contributed by atoms with E-state index in [0.29, 0.717) is 12.1 Å². The fraction of sp³-hybridized carbons (Fsp3) is 0.625. The Labute approximate surface area is 116 Å². The molecule has 1 aromatic carbocycles. The first-order valence-electron chi connectivity index (χ1n) is 7.23. The second-order valence-corrected chi connectivity index (χ2v) is 5.31. The molecule has 1 fully saturated rings. The van der Waals surface area contributed by atoms with E-state index in [0.717, 1.165) is 25.4 Å². The summed E-state index contributed by atoms with van der Waals surface area (Å²) in [6, 6.07) is 6.78. The molecule has 3 nitrogen and oxygen atoms in total. The van der Waals surface area contributed by atoms with E-state index in [2.05, 4.69) is 37.4 Å². The van der Waals surface area contributed by atoms with E-state index in [1.165, 1.54) is 24.0 Å². The minimum absolute atomic E-state index is 0.375. The van der Waals surface area contributed by atoms with Gasteiger partial charge in [0.25, 0.3) is 0 Å². The topological polar surface area (TPSA) is 30.5 Å². The molecule has 0 saturated carbocycles. The van der Waals surface area contributed by atoms with Gasteiger partial charge in [0, 0.05) is 19.1 Å². The van der Waals surface area contributed by atoms with Crippen molar-refractivity contribution in [2.75, 3.05) is 20.3 Å². The third-order valence-corrected chi connectivity index (χ3v) is 3.85. The zero-order valence-corrected chi connectivity index (χ0v) is 12.2. The Balaban J connectivity index is 1.86. The number of hydrogen-bond acceptors (Lipinski definition) is 3. The van der Waals surface area contributed by atoms with E-state index < -0.39 is 0 Å². The molecule has 1 N–H and O–H groups in total. The highest BCUT2D eigenvalue weighted by molar-refractivity contribution is 5.37. The summed E-state index contributed by atoms with van der Waals surface area (Å²) < 4.78 is 11.5. The number of ether oxygens (including phenoxy) is 2. The van der Waals surface area contributed by atoms with E-state index in [4.69, 9.17) is 9.47 Å². The van der Waals surface area contributed by atoms with Gasteiger partial charge in [-0.2, -0.15) is 0 Å². The van der Waals surface area contributed by atoms with Gasteiger partial charge in [0.2, 0.25) is 0 Å². The Kier molecular flexibility index (Phi) is 5.23. The zero-order valence-electron chi connectivity index (χ0n) is 12.2. The van der Waals surface area contributed by atoms with Crippen molar-refractivity contribution in [3.63, 3.8) is 0 Å². The maximum Gasteiger partial charge on any atom is 0.122 e. The molecule has 0 amide bonds. The van der Waals surface area contributed by atoms with Gasteiger partial charge < -0.3 is 14.8 Å². The molecule has 1 saturated heterocycles. The SMILES string of the molecule is CNC(C)c1ccc(OCCC2CCCO2)c(C)c1. The van der Waals surface area contributed by atoms with Gasteiger partial charge in [-0.05, 0) is 50.9 Å². The maximum atomic E-state index is 5.87. The second-order valence-electron chi connectivity index (χ2n) is 5.31. The van der Waals surface area contributed by atoms with Crippen LogP contribution in [0.2, 0.25) is 0 Å². The predicted molar refractivity (Wildman–Crippen MR) is 77.7 cm³/mol. The van der Waals surface area contributed by atoms with Crippen molar-refractivity contribution in [2.45, 2.75) is 45.3 Å². The van der Waals surface area contributed by atoms with Gasteiger partial charge in [-0.25, -0.2) is 0 Å². The van der Waals surface area contributed by atoms with Gasteiger partial charge in [0.15, 0.2) is 0 Å². The Morgan fingerprint density at radius 2 is 2.32 bits per heavy atom. The summed E-state index contributed by atoms with van der Waals surface area (Å²) in [5.74, 6) is 0.991. The number of aryl methyl sites for hydroxylation is 1. The summed E-state index contributed by atoms with van der Waals surface area (Å²) >= 11 is 0. The summed E-state index contributed by atoms with van der Waals surface area (Å²) in [6.07, 6.45) is 3.78. The maximum absolute atomic E-state index is 5.87. The van der Waals surface area contributed by atoms with E-state index in [1.54, 1.807) is 0 Å². The monoisotopic (exact) mass is 263 g/mol. The zero-order chi connectivity index (χ0) is 13.7. The van der Waals surface area contributed by atoms with Crippen LogP contribution in [0.15, 0.2) is 18.2 Å². The quantitative estimate of drug-likeness (QED) is 0.855. The van der Waals surface area contributed by atoms with Crippen LogP contribution in [0.1, 0.15) is 43.4 Å². The minimum Gasteiger partial charge on any atom is -0.493 e. The minimum atomic E-state index is 0.375. The molecule has 0 aliphatic carbocycles. The van der Waals surface area contributed by atoms with Gasteiger partial charge in [-0.3, -0.25) is 0 Å². The lowest BCUT2D eigenvalue weighted by atomic mass is 10.1. The lowest BCUT2D eigenvalue weighted by molar-refractivity contribution is 0.0902. The standard InChI is InChI=1S/C16H25NO2/c1-12-11-14(13(2)17-3)6-7-16(12)19-10-8-15-5-4-9-18-15/h6-7,11,13,15,17H,4-5,8-10H2,1-3H3. The molecular formula is C16H25NO2. The molecule has 0 bridgehead atoms. The Morgan fingerprint density at radius 1 is 1.47 bits per heavy atom. The summed E-state index contributed by atoms with van der Waals surface area (Å²) in [5.41, 5.74) is 2.50. The highest BCUT2D eigenvalue weighted by atomic mass is 16.5. The molecule has 19 heavy (non-hydrogen) atoms. The van der Waals surface area contributed by atoms with Crippen molar-refractivity contribution in [1.82, 2.24) is 5.32 Å². The first kappa shape index (κ1) is 14.4. The average Bonchev–Trinajstić information content (AvgIpc) is 2.93. The molecule has 0 spiro atoms. The summed E-state index contributed by atoms with van der Waals surface area (Å²) in [6.45, 7) is 5.92. The molecule has 1 aliphatic heterocycles. The van der Waals surface area contributed by atoms with Crippen LogP contribution in [-0.4, -0.2) is 26.4 Å². The Bertz CT molecular complexity index is 400. The molecule has 1 heterocycles. The summed E-state index contributed by atoms with van der Waals surface area (Å²) in [4.78, 5) is 0. The summed E-state index contributed by atoms with van der Waals surface area (Å²) in [5, 5.41) is 3.25. The van der Waals surface area contributed by atoms with Crippen LogP contribution in [0.5, 0.6) is 5.75 Å². The van der Waals surface area contributed by atoms with E-state index in [-0.39, 0.29) is 0 Å². The molecule has 0 aromatic heterocycles. The largest absolute Gasteiger partial charge is 0.493 e. The van der Waals surface area contributed by atoms with Crippen molar-refractivity contribution in [1.29, 1.82) is 0 Å². The lowest BCUT2D eigenvalue weighted by Crippen LogP contribution is -2.13. The van der Waals surface area contributed by atoms with E-state index in [9.17, 15) is 0 Å². The van der Waals surface area contributed by atoms with Crippen LogP contribution in [0.25, 0.3) is 0 Å². The van der Waals surface area contributed by atoms with E-state index >= 15 is 0 Å². The molecule has 2 atom stereocenters. The number of rotatable bonds is 6. The number of nitrogens with one attached hydrogen (secondary N) is 1. The smallest absolute Gasteiger partial charge is 0.122 e. The van der Waals surface area contributed by atoms with Crippen molar-refractivity contribution in [2.24, 2.45) is 0 Å². The predicted octanol–water partition coefficient (Wildman–Crippen LogP) is 3.22. The van der Waals surface area contributed by atoms with Gasteiger partial charge in [-0.1, -0.05) is 12.1 Å². The van der Waals surface area contributed by atoms with Crippen LogP contribution in [0.3, 0.4) is 0 Å². The fourth-order valence-corrected chi connectivity index (χ4v) is 2.44. The number of benzene rings is 1. The summed E-state index contributed by atoms with van der Waals surface area (Å²) in [7, 11) is 1.98. The third kappa shape index (κ3) is 3.95. The molecule has 0 radical (unpaired) electrons. The number of hydrogen-bond donors (Lipinski definition) is 1. The van der Waals surface area contributed by atoms with Crippen LogP contribution in [0.4, 0.5) is 0 Å². The van der Waals surface area contributed by atoms with Crippen LogP contribution in [0, 0.1) is 6.92 Å². The fourth-order valence-electron chi connectivity index (χ4n) is 2.44. The van der Waals surface area contributed by atoms with Gasteiger partial charge >= 0.3 is 0 Å². The van der Waals surface area contributed by atoms with Crippen molar-refractivity contribution in [3.8, 4) is 5.75 Å². The van der Waals surface area contributed by atoms with Crippen molar-refractivity contribution >= 4 is 0 Å². The molecule has 2 unspecified atom stereocenters. The van der Waals surface area contributed by atoms with Gasteiger partial charge in [0.1, 0.15) is 5.75 Å². The normalized spacial score (nSPS) is 20.5. The Hall–Kier alpha value is -1.06. The molecule has 1 aromatic rings. The van der Waals surface area contributed by atoms with Gasteiger partial charge in [-0.15, -0.1) is 0 Å². The second kappa shape index (κ2) is 6.92. The molecule has 2 rings (SSSR count). The van der Waals surface area contributed by atoms with Crippen molar-refractivity contribution < 1.29 is 9.47 Å². The van der Waals surface area contributed by atoms with Crippen molar-refractivity contribution in [3.05, 3.63) is 29.3 Å². The van der Waals surface area contributed by atoms with Crippen LogP contribution < -0.4 is 10.1 Å². The highest BCUT2D eigenvalue weighted by Gasteiger charge is 2.15. The molecule has 106 valence electrons. The highest BCUT2D eigenvalue weighted by Crippen LogP contribution is 2.23.